The number of rotatable bonds is 10. The Bertz CT molecular complexity index is 404. The number of ether oxygens (including phenoxy) is 1. The number of nitrogens with one attached hydrogen (secondary N) is 2. The van der Waals surface area contributed by atoms with Crippen molar-refractivity contribution in [2.24, 2.45) is 4.99 Å². The van der Waals surface area contributed by atoms with Crippen LogP contribution in [0.15, 0.2) is 11.3 Å². The van der Waals surface area contributed by atoms with Crippen LogP contribution in [0.3, 0.4) is 0 Å². The van der Waals surface area contributed by atoms with Crippen LogP contribution in [-0.2, 0) is 17.8 Å². The molecule has 0 atom stereocenters. The monoisotopic (exact) mass is 296 g/mol. The minimum Gasteiger partial charge on any atom is -0.381 e. The second kappa shape index (κ2) is 11.1. The van der Waals surface area contributed by atoms with Crippen molar-refractivity contribution in [2.75, 3.05) is 26.8 Å². The predicted octanol–water partition coefficient (Wildman–Crippen LogP) is 1.17. The number of nitrogens with zero attached hydrogens (tertiary/aromatic N) is 4. The van der Waals surface area contributed by atoms with Gasteiger partial charge in [-0.15, -0.1) is 10.2 Å². The molecule has 0 unspecified atom stereocenters. The van der Waals surface area contributed by atoms with E-state index < -0.39 is 0 Å². The normalized spacial score (nSPS) is 11.7. The van der Waals surface area contributed by atoms with Gasteiger partial charge in [0.05, 0.1) is 6.54 Å². The highest BCUT2D eigenvalue weighted by molar-refractivity contribution is 5.79. The van der Waals surface area contributed by atoms with Crippen molar-refractivity contribution < 1.29 is 4.74 Å². The second-order valence-electron chi connectivity index (χ2n) is 4.71. The number of guanidine groups is 1. The Kier molecular flexibility index (Phi) is 9.19. The van der Waals surface area contributed by atoms with E-state index in [1.807, 2.05) is 4.57 Å². The molecule has 7 heteroatoms. The van der Waals surface area contributed by atoms with Gasteiger partial charge in [0.2, 0.25) is 0 Å². The molecule has 1 heterocycles. The summed E-state index contributed by atoms with van der Waals surface area (Å²) in [6.45, 7) is 8.20. The van der Waals surface area contributed by atoms with Gasteiger partial charge in [0.15, 0.2) is 11.8 Å². The number of aromatic nitrogens is 3. The molecular weight excluding hydrogens is 268 g/mol. The molecule has 7 nitrogen and oxygen atoms in total. The molecule has 0 aliphatic carbocycles. The molecule has 0 fully saturated rings. The van der Waals surface area contributed by atoms with Crippen molar-refractivity contribution in [2.45, 2.75) is 46.2 Å². The van der Waals surface area contributed by atoms with Crippen LogP contribution in [-0.4, -0.2) is 47.5 Å². The quantitative estimate of drug-likeness (QED) is 0.385. The second-order valence-corrected chi connectivity index (χ2v) is 4.71. The highest BCUT2D eigenvalue weighted by atomic mass is 16.5. The molecule has 21 heavy (non-hydrogen) atoms. The molecule has 0 radical (unpaired) electrons. The van der Waals surface area contributed by atoms with Crippen LogP contribution < -0.4 is 10.6 Å². The molecule has 0 saturated carbocycles. The molecule has 1 aromatic heterocycles. The lowest BCUT2D eigenvalue weighted by atomic mass is 10.4. The molecule has 0 aromatic carbocycles. The first-order chi connectivity index (χ1) is 10.3. The zero-order chi connectivity index (χ0) is 15.3. The number of unbranched alkanes of at least 4 members (excludes halogenated alkanes) is 1. The topological polar surface area (TPSA) is 76.4 Å². The van der Waals surface area contributed by atoms with Crippen LogP contribution in [0.4, 0.5) is 0 Å². The van der Waals surface area contributed by atoms with E-state index in [0.29, 0.717) is 6.54 Å². The van der Waals surface area contributed by atoms with Crippen molar-refractivity contribution in [3.63, 3.8) is 0 Å². The van der Waals surface area contributed by atoms with E-state index in [0.717, 1.165) is 50.9 Å². The lowest BCUT2D eigenvalue weighted by molar-refractivity contribution is 0.129. The number of aryl methyl sites for hydroxylation is 1. The first-order valence-corrected chi connectivity index (χ1v) is 7.70. The standard InChI is InChI=1S/C14H28N6O/c1-4-6-9-21-10-7-8-16-14(15-3)17-11-13-19-18-12-20(13)5-2/h12H,4-11H2,1-3H3,(H2,15,16,17). The fraction of sp³-hybridized carbons (Fsp3) is 0.786. The van der Waals surface area contributed by atoms with E-state index in [4.69, 9.17) is 4.74 Å². The van der Waals surface area contributed by atoms with Gasteiger partial charge in [-0.25, -0.2) is 0 Å². The van der Waals surface area contributed by atoms with E-state index in [-0.39, 0.29) is 0 Å². The van der Waals surface area contributed by atoms with Crippen LogP contribution in [0.25, 0.3) is 0 Å². The van der Waals surface area contributed by atoms with E-state index in [2.05, 4.69) is 39.7 Å². The Morgan fingerprint density at radius 1 is 1.29 bits per heavy atom. The lowest BCUT2D eigenvalue weighted by Gasteiger charge is -2.12. The van der Waals surface area contributed by atoms with E-state index in [1.54, 1.807) is 13.4 Å². The highest BCUT2D eigenvalue weighted by Gasteiger charge is 2.03. The van der Waals surface area contributed by atoms with Crippen molar-refractivity contribution in [3.8, 4) is 0 Å². The molecule has 0 bridgehead atoms. The maximum atomic E-state index is 5.52. The smallest absolute Gasteiger partial charge is 0.191 e. The van der Waals surface area contributed by atoms with Crippen LogP contribution in [0.2, 0.25) is 0 Å². The van der Waals surface area contributed by atoms with Crippen LogP contribution in [0.1, 0.15) is 38.9 Å². The SMILES string of the molecule is CCCCOCCCNC(=NC)NCc1nncn1CC. The molecule has 1 rings (SSSR count). The fourth-order valence-corrected chi connectivity index (χ4v) is 1.79. The fourth-order valence-electron chi connectivity index (χ4n) is 1.79. The third-order valence-electron chi connectivity index (χ3n) is 3.07. The van der Waals surface area contributed by atoms with Gasteiger partial charge >= 0.3 is 0 Å². The van der Waals surface area contributed by atoms with Crippen molar-refractivity contribution in [1.29, 1.82) is 0 Å². The summed E-state index contributed by atoms with van der Waals surface area (Å²) in [6.07, 6.45) is 5.02. The first kappa shape index (κ1) is 17.4. The molecule has 2 N–H and O–H groups in total. The Hall–Kier alpha value is -1.63. The maximum absolute atomic E-state index is 5.52. The summed E-state index contributed by atoms with van der Waals surface area (Å²) in [5, 5.41) is 14.5. The van der Waals surface area contributed by atoms with Crippen molar-refractivity contribution >= 4 is 5.96 Å². The summed E-state index contributed by atoms with van der Waals surface area (Å²) in [7, 11) is 1.76. The average molecular weight is 296 g/mol. The number of aliphatic imine (C=N–C) groups is 1. The summed E-state index contributed by atoms with van der Waals surface area (Å²) in [6, 6.07) is 0. The Morgan fingerprint density at radius 2 is 2.10 bits per heavy atom. The van der Waals surface area contributed by atoms with E-state index in [1.165, 1.54) is 6.42 Å². The van der Waals surface area contributed by atoms with E-state index in [9.17, 15) is 0 Å². The van der Waals surface area contributed by atoms with Gasteiger partial charge < -0.3 is 19.9 Å². The summed E-state index contributed by atoms with van der Waals surface area (Å²) in [5.74, 6) is 1.68. The van der Waals surface area contributed by atoms with Crippen LogP contribution >= 0.6 is 0 Å². The summed E-state index contributed by atoms with van der Waals surface area (Å²) >= 11 is 0. The average Bonchev–Trinajstić information content (AvgIpc) is 2.97. The summed E-state index contributed by atoms with van der Waals surface area (Å²) in [4.78, 5) is 4.19. The van der Waals surface area contributed by atoms with Gasteiger partial charge in [-0.3, -0.25) is 4.99 Å². The Balaban J connectivity index is 2.15. The van der Waals surface area contributed by atoms with Crippen molar-refractivity contribution in [1.82, 2.24) is 25.4 Å². The van der Waals surface area contributed by atoms with Gasteiger partial charge in [0.1, 0.15) is 6.33 Å². The predicted molar refractivity (Wildman–Crippen MR) is 84.2 cm³/mol. The van der Waals surface area contributed by atoms with Crippen molar-refractivity contribution in [3.05, 3.63) is 12.2 Å². The van der Waals surface area contributed by atoms with Gasteiger partial charge in [0, 0.05) is 33.4 Å². The van der Waals surface area contributed by atoms with Gasteiger partial charge in [-0.05, 0) is 19.8 Å². The van der Waals surface area contributed by atoms with Gasteiger partial charge in [0.25, 0.3) is 0 Å². The minimum atomic E-state index is 0.612. The molecule has 0 saturated heterocycles. The van der Waals surface area contributed by atoms with Gasteiger partial charge in [-0.2, -0.15) is 0 Å². The maximum Gasteiger partial charge on any atom is 0.191 e. The molecule has 0 aliphatic rings. The number of hydrogen-bond acceptors (Lipinski definition) is 4. The Morgan fingerprint density at radius 3 is 2.81 bits per heavy atom. The molecule has 0 amide bonds. The zero-order valence-electron chi connectivity index (χ0n) is 13.4. The van der Waals surface area contributed by atoms with Crippen LogP contribution in [0.5, 0.6) is 0 Å². The molecule has 0 spiro atoms. The molecular formula is C14H28N6O. The molecule has 0 aliphatic heterocycles. The van der Waals surface area contributed by atoms with Crippen LogP contribution in [0, 0.1) is 0 Å². The highest BCUT2D eigenvalue weighted by Crippen LogP contribution is 1.94. The summed E-state index contributed by atoms with van der Waals surface area (Å²) < 4.78 is 7.52. The molecule has 1 aromatic rings. The Labute approximate surface area is 127 Å². The first-order valence-electron chi connectivity index (χ1n) is 7.70. The molecule has 120 valence electrons. The number of hydrogen-bond donors (Lipinski definition) is 2. The largest absolute Gasteiger partial charge is 0.381 e. The van der Waals surface area contributed by atoms with Gasteiger partial charge in [-0.1, -0.05) is 13.3 Å². The third-order valence-corrected chi connectivity index (χ3v) is 3.07. The van der Waals surface area contributed by atoms with E-state index >= 15 is 0 Å². The lowest BCUT2D eigenvalue weighted by Crippen LogP contribution is -2.38. The third kappa shape index (κ3) is 7.08. The summed E-state index contributed by atoms with van der Waals surface area (Å²) in [5.41, 5.74) is 0. The zero-order valence-corrected chi connectivity index (χ0v) is 13.4. The minimum absolute atomic E-state index is 0.612.